The molecule has 1 aromatic carbocycles. The van der Waals surface area contributed by atoms with Gasteiger partial charge in [-0.3, -0.25) is 4.79 Å². The van der Waals surface area contributed by atoms with Gasteiger partial charge in [0.2, 0.25) is 0 Å². The molecule has 1 aliphatic rings. The molecule has 5 rings (SSSR count). The van der Waals surface area contributed by atoms with Gasteiger partial charge in [-0.1, -0.05) is 11.2 Å². The molecule has 1 atom stereocenters. The van der Waals surface area contributed by atoms with E-state index in [1.165, 1.54) is 6.07 Å². The topological polar surface area (TPSA) is 112 Å². The van der Waals surface area contributed by atoms with Crippen molar-refractivity contribution in [2.45, 2.75) is 32.4 Å². The van der Waals surface area contributed by atoms with E-state index in [9.17, 15) is 9.18 Å². The summed E-state index contributed by atoms with van der Waals surface area (Å²) >= 11 is 0. The second-order valence-electron chi connectivity index (χ2n) is 8.65. The first kappa shape index (κ1) is 22.0. The molecule has 1 aliphatic carbocycles. The zero-order valence-electron chi connectivity index (χ0n) is 19.0. The van der Waals surface area contributed by atoms with E-state index in [1.54, 1.807) is 42.1 Å². The summed E-state index contributed by atoms with van der Waals surface area (Å²) in [4.78, 5) is 21.3. The molecule has 0 aliphatic heterocycles. The van der Waals surface area contributed by atoms with E-state index in [2.05, 4.69) is 27.4 Å². The first-order chi connectivity index (χ1) is 16.4. The Balaban J connectivity index is 1.48. The summed E-state index contributed by atoms with van der Waals surface area (Å²) in [5, 5.41) is 7.01. The Morgan fingerprint density at radius 3 is 2.79 bits per heavy atom. The van der Waals surface area contributed by atoms with Crippen molar-refractivity contribution < 1.29 is 8.91 Å². The van der Waals surface area contributed by atoms with Crippen LogP contribution in [0.4, 0.5) is 10.2 Å². The number of anilines is 1. The maximum atomic E-state index is 14.6. The molecular formula is C25H25FN6O2. The van der Waals surface area contributed by atoms with Gasteiger partial charge in [0.25, 0.3) is 5.56 Å². The van der Waals surface area contributed by atoms with Crippen LogP contribution >= 0.6 is 0 Å². The van der Waals surface area contributed by atoms with Gasteiger partial charge >= 0.3 is 0 Å². The number of nitrogens with one attached hydrogen (secondary N) is 1. The summed E-state index contributed by atoms with van der Waals surface area (Å²) in [5.74, 6) is 0.574. The number of halogens is 1. The largest absolute Gasteiger partial charge is 0.382 e. The zero-order chi connectivity index (χ0) is 23.8. The van der Waals surface area contributed by atoms with Gasteiger partial charge in [-0.25, -0.2) is 14.4 Å². The molecule has 4 aromatic rings. The van der Waals surface area contributed by atoms with Crippen LogP contribution in [0.15, 0.2) is 58.1 Å². The number of aromatic nitrogens is 4. The van der Waals surface area contributed by atoms with E-state index in [0.717, 1.165) is 24.0 Å². The highest BCUT2D eigenvalue weighted by atomic mass is 19.1. The summed E-state index contributed by atoms with van der Waals surface area (Å²) in [6.45, 7) is 2.62. The Morgan fingerprint density at radius 2 is 2.06 bits per heavy atom. The van der Waals surface area contributed by atoms with Crippen LogP contribution in [0.1, 0.15) is 31.4 Å². The Hall–Kier alpha value is -3.85. The average molecular weight is 461 g/mol. The minimum atomic E-state index is -0.396. The third-order valence-corrected chi connectivity index (χ3v) is 6.21. The molecule has 9 heteroatoms. The Labute approximate surface area is 195 Å². The molecule has 0 radical (unpaired) electrons. The first-order valence-electron chi connectivity index (χ1n) is 11.2. The van der Waals surface area contributed by atoms with Crippen molar-refractivity contribution in [3.63, 3.8) is 0 Å². The molecule has 3 aromatic heterocycles. The molecule has 8 nitrogen and oxygen atoms in total. The van der Waals surface area contributed by atoms with Gasteiger partial charge in [0.05, 0.1) is 11.9 Å². The van der Waals surface area contributed by atoms with Gasteiger partial charge in [-0.05, 0) is 56.5 Å². The summed E-state index contributed by atoms with van der Waals surface area (Å²) in [5.41, 5.74) is 9.10. The standard InChI is InChI=1S/C25H25FN6O2/c1-14(16-4-5-16)32-13-17(6-8-23(32)33)21-12-29-25(27)24(30-21)22-10-20(31-34-22)18-7-3-15(11-28-2)9-19(18)26/h3,6-10,12-14,16,28H,4-5,11H2,1-2H3,(H2,27,29). The quantitative estimate of drug-likeness (QED) is 0.428. The molecule has 1 unspecified atom stereocenters. The number of hydrogen-bond acceptors (Lipinski definition) is 7. The van der Waals surface area contributed by atoms with Crippen molar-refractivity contribution in [3.05, 3.63) is 70.5 Å². The van der Waals surface area contributed by atoms with E-state index >= 15 is 0 Å². The molecule has 0 spiro atoms. The molecule has 0 amide bonds. The third kappa shape index (κ3) is 4.22. The van der Waals surface area contributed by atoms with E-state index in [4.69, 9.17) is 10.3 Å². The van der Waals surface area contributed by atoms with Crippen LogP contribution in [0, 0.1) is 11.7 Å². The summed E-state index contributed by atoms with van der Waals surface area (Å²) in [7, 11) is 1.80. The Kier molecular flexibility index (Phi) is 5.70. The lowest BCUT2D eigenvalue weighted by atomic mass is 10.1. The van der Waals surface area contributed by atoms with E-state index in [-0.39, 0.29) is 23.2 Å². The molecule has 174 valence electrons. The van der Waals surface area contributed by atoms with Crippen LogP contribution in [-0.2, 0) is 6.54 Å². The maximum absolute atomic E-state index is 14.6. The summed E-state index contributed by atoms with van der Waals surface area (Å²) in [6, 6.07) is 9.94. The Bertz CT molecular complexity index is 1410. The number of hydrogen-bond donors (Lipinski definition) is 2. The lowest BCUT2D eigenvalue weighted by Gasteiger charge is -2.15. The van der Waals surface area contributed by atoms with Crippen molar-refractivity contribution in [1.29, 1.82) is 0 Å². The molecule has 0 bridgehead atoms. The van der Waals surface area contributed by atoms with Gasteiger partial charge in [-0.2, -0.15) is 0 Å². The number of pyridine rings is 1. The fraction of sp³-hybridized carbons (Fsp3) is 0.280. The summed E-state index contributed by atoms with van der Waals surface area (Å²) in [6.07, 6.45) is 5.64. The smallest absolute Gasteiger partial charge is 0.250 e. The van der Waals surface area contributed by atoms with E-state index in [0.29, 0.717) is 35.1 Å². The lowest BCUT2D eigenvalue weighted by Crippen LogP contribution is -2.23. The van der Waals surface area contributed by atoms with E-state index < -0.39 is 5.82 Å². The zero-order valence-corrected chi connectivity index (χ0v) is 19.0. The van der Waals surface area contributed by atoms with Crippen LogP contribution in [0.2, 0.25) is 0 Å². The average Bonchev–Trinajstić information content (AvgIpc) is 3.57. The van der Waals surface area contributed by atoms with Gasteiger partial charge in [0.1, 0.15) is 11.5 Å². The third-order valence-electron chi connectivity index (χ3n) is 6.21. The number of nitrogen functional groups attached to an aromatic ring is 1. The van der Waals surface area contributed by atoms with Crippen molar-refractivity contribution in [3.8, 4) is 34.0 Å². The Morgan fingerprint density at radius 1 is 1.24 bits per heavy atom. The highest BCUT2D eigenvalue weighted by molar-refractivity contribution is 5.73. The van der Waals surface area contributed by atoms with Crippen LogP contribution in [-0.4, -0.2) is 26.7 Å². The molecule has 0 saturated heterocycles. The fourth-order valence-electron chi connectivity index (χ4n) is 4.09. The summed E-state index contributed by atoms with van der Waals surface area (Å²) < 4.78 is 21.9. The normalized spacial score (nSPS) is 14.3. The van der Waals surface area contributed by atoms with Crippen molar-refractivity contribution in [1.82, 2.24) is 25.0 Å². The van der Waals surface area contributed by atoms with Crippen LogP contribution in [0.5, 0.6) is 0 Å². The molecule has 34 heavy (non-hydrogen) atoms. The highest BCUT2D eigenvalue weighted by Gasteiger charge is 2.29. The maximum Gasteiger partial charge on any atom is 0.250 e. The molecule has 3 heterocycles. The number of nitrogens with two attached hydrogens (primary N) is 1. The molecule has 1 saturated carbocycles. The SMILES string of the molecule is CNCc1ccc(-c2cc(-c3nc(-c4ccc(=O)n(C(C)C5CC5)c4)cnc3N)on2)c(F)c1. The molecular weight excluding hydrogens is 435 g/mol. The van der Waals surface area contributed by atoms with E-state index in [1.807, 2.05) is 12.3 Å². The predicted molar refractivity (Wildman–Crippen MR) is 127 cm³/mol. The predicted octanol–water partition coefficient (Wildman–Crippen LogP) is 4.04. The molecule has 1 fully saturated rings. The lowest BCUT2D eigenvalue weighted by molar-refractivity contribution is 0.433. The van der Waals surface area contributed by atoms with Crippen molar-refractivity contribution in [2.75, 3.05) is 12.8 Å². The minimum Gasteiger partial charge on any atom is -0.382 e. The highest BCUT2D eigenvalue weighted by Crippen LogP contribution is 2.39. The second kappa shape index (κ2) is 8.83. The van der Waals surface area contributed by atoms with Crippen LogP contribution in [0.25, 0.3) is 34.0 Å². The van der Waals surface area contributed by atoms with Gasteiger partial charge in [0.15, 0.2) is 17.3 Å². The number of benzene rings is 1. The second-order valence-corrected chi connectivity index (χ2v) is 8.65. The van der Waals surface area contributed by atoms with Gasteiger partial charge < -0.3 is 20.1 Å². The van der Waals surface area contributed by atoms with Gasteiger partial charge in [0, 0.05) is 42.0 Å². The fourth-order valence-corrected chi connectivity index (χ4v) is 4.09. The number of nitrogens with zero attached hydrogens (tertiary/aromatic N) is 4. The monoisotopic (exact) mass is 460 g/mol. The van der Waals surface area contributed by atoms with Gasteiger partial charge in [-0.15, -0.1) is 0 Å². The van der Waals surface area contributed by atoms with Crippen LogP contribution in [0.3, 0.4) is 0 Å². The van der Waals surface area contributed by atoms with Crippen molar-refractivity contribution >= 4 is 5.82 Å². The molecule has 3 N–H and O–H groups in total. The van der Waals surface area contributed by atoms with Crippen molar-refractivity contribution in [2.24, 2.45) is 5.92 Å². The van der Waals surface area contributed by atoms with Crippen LogP contribution < -0.4 is 16.6 Å². The number of rotatable bonds is 7. The first-order valence-corrected chi connectivity index (χ1v) is 11.2. The minimum absolute atomic E-state index is 0.0468.